The first-order valence-corrected chi connectivity index (χ1v) is 5.30. The summed E-state index contributed by atoms with van der Waals surface area (Å²) in [4.78, 5) is 10.6. The Morgan fingerprint density at radius 1 is 1.62 bits per heavy atom. The molecule has 2 atom stereocenters. The van der Waals surface area contributed by atoms with Crippen molar-refractivity contribution >= 4 is 23.4 Å². The van der Waals surface area contributed by atoms with Crippen LogP contribution in [0.4, 0.5) is 0 Å². The van der Waals surface area contributed by atoms with Crippen LogP contribution in [0.15, 0.2) is 12.2 Å². The van der Waals surface area contributed by atoms with Crippen LogP contribution in [0.5, 0.6) is 0 Å². The number of esters is 1. The molecular weight excluding hydrogens is 230 g/mol. The predicted octanol–water partition coefficient (Wildman–Crippen LogP) is 0.394. The summed E-state index contributed by atoms with van der Waals surface area (Å²) in [6, 6.07) is 0.000952. The van der Waals surface area contributed by atoms with Crippen molar-refractivity contribution in [2.24, 2.45) is 0 Å². The fourth-order valence-corrected chi connectivity index (χ4v) is 1.35. The van der Waals surface area contributed by atoms with Crippen LogP contribution in [0, 0.1) is 0 Å². The molecule has 5 nitrogen and oxygen atoms in total. The van der Waals surface area contributed by atoms with Crippen LogP contribution in [0.2, 0.25) is 0 Å². The van der Waals surface area contributed by atoms with Crippen LogP contribution < -0.4 is 5.32 Å². The molecule has 0 saturated carbocycles. The molecule has 90 valence electrons. The second-order valence-corrected chi connectivity index (χ2v) is 3.67. The summed E-state index contributed by atoms with van der Waals surface area (Å²) in [7, 11) is 1.51. The molecule has 0 fully saturated rings. The van der Waals surface area contributed by atoms with E-state index in [1.165, 1.54) is 14.0 Å². The Kier molecular flexibility index (Phi) is 5.21. The highest BCUT2D eigenvalue weighted by atomic mass is 32.1. The Bertz CT molecular complexity index is 293. The van der Waals surface area contributed by atoms with Gasteiger partial charge in [0.25, 0.3) is 5.17 Å². The SMILES string of the molecule is COC(=S)N[C@@H]1C=C[C@H](COC(C)=O)OC1. The van der Waals surface area contributed by atoms with E-state index in [4.69, 9.17) is 26.4 Å². The maximum absolute atomic E-state index is 10.6. The maximum Gasteiger partial charge on any atom is 0.302 e. The molecule has 0 unspecified atom stereocenters. The second kappa shape index (κ2) is 6.44. The van der Waals surface area contributed by atoms with E-state index in [9.17, 15) is 4.79 Å². The monoisotopic (exact) mass is 245 g/mol. The largest absolute Gasteiger partial charge is 0.474 e. The summed E-state index contributed by atoms with van der Waals surface area (Å²) < 4.78 is 15.1. The van der Waals surface area contributed by atoms with E-state index in [2.05, 4.69) is 5.32 Å². The number of ether oxygens (including phenoxy) is 3. The zero-order valence-corrected chi connectivity index (χ0v) is 10.1. The van der Waals surface area contributed by atoms with E-state index in [0.29, 0.717) is 11.8 Å². The molecule has 0 amide bonds. The standard InChI is InChI=1S/C10H15NO4S/c1-7(12)14-6-9-4-3-8(5-15-9)11-10(16)13-2/h3-4,8-9H,5-6H2,1-2H3,(H,11,16)/t8-,9-/m1/s1. The number of rotatable bonds is 3. The highest BCUT2D eigenvalue weighted by Gasteiger charge is 2.17. The van der Waals surface area contributed by atoms with Crippen molar-refractivity contribution in [3.8, 4) is 0 Å². The van der Waals surface area contributed by atoms with Crippen LogP contribution in [-0.2, 0) is 19.0 Å². The molecule has 0 aromatic heterocycles. The molecule has 0 aliphatic carbocycles. The number of carbonyl (C=O) groups is 1. The molecule has 0 radical (unpaired) electrons. The number of thiocarbonyl (C=S) groups is 1. The molecule has 0 bridgehead atoms. The summed E-state index contributed by atoms with van der Waals surface area (Å²) in [5.41, 5.74) is 0. The van der Waals surface area contributed by atoms with E-state index in [-0.39, 0.29) is 24.7 Å². The normalized spacial score (nSPS) is 23.6. The second-order valence-electron chi connectivity index (χ2n) is 3.30. The molecular formula is C10H15NO4S. The van der Waals surface area contributed by atoms with Gasteiger partial charge in [0.1, 0.15) is 12.7 Å². The summed E-state index contributed by atoms with van der Waals surface area (Å²) in [5, 5.41) is 3.27. The molecule has 0 aromatic carbocycles. The zero-order chi connectivity index (χ0) is 12.0. The highest BCUT2D eigenvalue weighted by Crippen LogP contribution is 2.06. The maximum atomic E-state index is 10.6. The Labute approximate surface area is 99.7 Å². The van der Waals surface area contributed by atoms with Crippen LogP contribution >= 0.6 is 12.2 Å². The minimum absolute atomic E-state index is 0.000952. The van der Waals surface area contributed by atoms with Gasteiger partial charge in [-0.05, 0) is 12.2 Å². The Morgan fingerprint density at radius 2 is 2.38 bits per heavy atom. The topological polar surface area (TPSA) is 56.8 Å². The van der Waals surface area contributed by atoms with E-state index in [1.807, 2.05) is 12.2 Å². The number of methoxy groups -OCH3 is 1. The number of carbonyl (C=O) groups excluding carboxylic acids is 1. The Morgan fingerprint density at radius 3 is 2.88 bits per heavy atom. The highest BCUT2D eigenvalue weighted by molar-refractivity contribution is 7.80. The third-order valence-electron chi connectivity index (χ3n) is 1.99. The van der Waals surface area contributed by atoms with Crippen LogP contribution in [0.1, 0.15) is 6.92 Å². The summed E-state index contributed by atoms with van der Waals surface area (Å²) in [6.45, 7) is 2.08. The number of nitrogens with one attached hydrogen (secondary N) is 1. The Hall–Kier alpha value is -1.14. The molecule has 1 heterocycles. The average Bonchev–Trinajstić information content (AvgIpc) is 2.28. The molecule has 1 aliphatic heterocycles. The van der Waals surface area contributed by atoms with E-state index in [1.54, 1.807) is 0 Å². The molecule has 0 spiro atoms. The number of hydrogen-bond acceptors (Lipinski definition) is 5. The molecule has 1 N–H and O–H groups in total. The first-order chi connectivity index (χ1) is 7.61. The van der Waals surface area contributed by atoms with Gasteiger partial charge in [-0.25, -0.2) is 0 Å². The van der Waals surface area contributed by atoms with Crippen LogP contribution in [-0.4, -0.2) is 43.6 Å². The molecule has 1 aliphatic rings. The lowest BCUT2D eigenvalue weighted by atomic mass is 10.2. The van der Waals surface area contributed by atoms with Gasteiger partial charge >= 0.3 is 5.97 Å². The van der Waals surface area contributed by atoms with Gasteiger partial charge in [0.15, 0.2) is 0 Å². The Balaban J connectivity index is 2.30. The van der Waals surface area contributed by atoms with Crippen LogP contribution in [0.3, 0.4) is 0 Å². The lowest BCUT2D eigenvalue weighted by molar-refractivity contribution is -0.144. The first kappa shape index (κ1) is 12.9. The van der Waals surface area contributed by atoms with Gasteiger partial charge in [-0.2, -0.15) is 0 Å². The summed E-state index contributed by atoms with van der Waals surface area (Å²) >= 11 is 4.86. The van der Waals surface area contributed by atoms with Gasteiger partial charge in [0, 0.05) is 6.92 Å². The average molecular weight is 245 g/mol. The van der Waals surface area contributed by atoms with Gasteiger partial charge in [-0.1, -0.05) is 12.2 Å². The lowest BCUT2D eigenvalue weighted by Crippen LogP contribution is -2.40. The smallest absolute Gasteiger partial charge is 0.302 e. The minimum atomic E-state index is -0.308. The van der Waals surface area contributed by atoms with Gasteiger partial charge in [-0.3, -0.25) is 4.79 Å². The van der Waals surface area contributed by atoms with Crippen molar-refractivity contribution in [3.05, 3.63) is 12.2 Å². The first-order valence-electron chi connectivity index (χ1n) is 4.89. The van der Waals surface area contributed by atoms with Crippen molar-refractivity contribution < 1.29 is 19.0 Å². The zero-order valence-electron chi connectivity index (χ0n) is 9.26. The third kappa shape index (κ3) is 4.59. The van der Waals surface area contributed by atoms with E-state index in [0.717, 1.165) is 0 Å². The van der Waals surface area contributed by atoms with Crippen LogP contribution in [0.25, 0.3) is 0 Å². The quantitative estimate of drug-likeness (QED) is 0.441. The molecule has 16 heavy (non-hydrogen) atoms. The van der Waals surface area contributed by atoms with Gasteiger partial charge in [0.2, 0.25) is 0 Å². The van der Waals surface area contributed by atoms with Crippen molar-refractivity contribution in [1.29, 1.82) is 0 Å². The van der Waals surface area contributed by atoms with Gasteiger partial charge < -0.3 is 19.5 Å². The van der Waals surface area contributed by atoms with Gasteiger partial charge in [0.05, 0.1) is 19.8 Å². The molecule has 0 saturated heterocycles. The van der Waals surface area contributed by atoms with E-state index >= 15 is 0 Å². The van der Waals surface area contributed by atoms with Crippen molar-refractivity contribution in [2.75, 3.05) is 20.3 Å². The lowest BCUT2D eigenvalue weighted by Gasteiger charge is -2.24. The molecule has 0 aromatic rings. The fraction of sp³-hybridized carbons (Fsp3) is 0.600. The van der Waals surface area contributed by atoms with Crippen molar-refractivity contribution in [1.82, 2.24) is 5.32 Å². The van der Waals surface area contributed by atoms with E-state index < -0.39 is 0 Å². The molecule has 6 heteroatoms. The van der Waals surface area contributed by atoms with Crippen molar-refractivity contribution in [3.63, 3.8) is 0 Å². The number of hydrogen-bond donors (Lipinski definition) is 1. The van der Waals surface area contributed by atoms with Gasteiger partial charge in [-0.15, -0.1) is 0 Å². The minimum Gasteiger partial charge on any atom is -0.474 e. The molecule has 1 rings (SSSR count). The summed E-state index contributed by atoms with van der Waals surface area (Å²) in [6.07, 6.45) is 3.57. The van der Waals surface area contributed by atoms with Crippen molar-refractivity contribution in [2.45, 2.75) is 19.1 Å². The third-order valence-corrected chi connectivity index (χ3v) is 2.27. The fourth-order valence-electron chi connectivity index (χ4n) is 1.20. The predicted molar refractivity (Wildman–Crippen MR) is 62.0 cm³/mol. The summed E-state index contributed by atoms with van der Waals surface area (Å²) in [5.74, 6) is -0.308.